The van der Waals surface area contributed by atoms with Gasteiger partial charge in [0, 0.05) is 6.54 Å². The monoisotopic (exact) mass is 292 g/mol. The summed E-state index contributed by atoms with van der Waals surface area (Å²) < 4.78 is 5.54. The second kappa shape index (κ2) is 8.67. The molecule has 0 bridgehead atoms. The van der Waals surface area contributed by atoms with Gasteiger partial charge in [0.25, 0.3) is 5.91 Å². The molecule has 0 aliphatic carbocycles. The topological polar surface area (TPSA) is 41.6 Å². The number of ether oxygens (including phenoxy) is 1. The number of carbonyl (C=O) groups excluding carboxylic acids is 1. The summed E-state index contributed by atoms with van der Waals surface area (Å²) in [6.45, 7) is 8.14. The molecule has 118 valence electrons. The molecule has 0 aliphatic heterocycles. The number of rotatable bonds is 8. The molecule has 1 amide bonds. The lowest BCUT2D eigenvalue weighted by Crippen LogP contribution is -2.31. The smallest absolute Gasteiger partial charge is 0.257 e. The predicted octanol–water partition coefficient (Wildman–Crippen LogP) is 2.57. The summed E-state index contributed by atoms with van der Waals surface area (Å²) in [5.41, 5.74) is 2.52. The summed E-state index contributed by atoms with van der Waals surface area (Å²) in [6, 6.07) is 6.00. The van der Waals surface area contributed by atoms with E-state index in [-0.39, 0.29) is 12.5 Å². The van der Waals surface area contributed by atoms with Crippen molar-refractivity contribution in [2.45, 2.75) is 33.1 Å². The molecule has 0 aliphatic rings. The third-order valence-electron chi connectivity index (χ3n) is 3.34. The first kappa shape index (κ1) is 17.5. The lowest BCUT2D eigenvalue weighted by atomic mass is 9.98. The normalized spacial score (nSPS) is 11.0. The molecule has 1 rings (SSSR count). The SMILES string of the molecule is Cc1cc(OCC(=O)NCCCN(C)C)ccc1C(C)C. The van der Waals surface area contributed by atoms with E-state index < -0.39 is 0 Å². The number of nitrogens with one attached hydrogen (secondary N) is 1. The molecule has 4 nitrogen and oxygen atoms in total. The number of benzene rings is 1. The van der Waals surface area contributed by atoms with E-state index >= 15 is 0 Å². The molecule has 4 heteroatoms. The van der Waals surface area contributed by atoms with Crippen LogP contribution >= 0.6 is 0 Å². The van der Waals surface area contributed by atoms with Crippen molar-refractivity contribution in [3.8, 4) is 5.75 Å². The quantitative estimate of drug-likeness (QED) is 0.749. The summed E-state index contributed by atoms with van der Waals surface area (Å²) in [5, 5.41) is 2.86. The van der Waals surface area contributed by atoms with Crippen molar-refractivity contribution < 1.29 is 9.53 Å². The van der Waals surface area contributed by atoms with E-state index in [1.54, 1.807) is 0 Å². The van der Waals surface area contributed by atoms with E-state index in [9.17, 15) is 4.79 Å². The molecule has 1 aromatic carbocycles. The van der Waals surface area contributed by atoms with Gasteiger partial charge in [0.1, 0.15) is 5.75 Å². The fraction of sp³-hybridized carbons (Fsp3) is 0.588. The fourth-order valence-electron chi connectivity index (χ4n) is 2.21. The van der Waals surface area contributed by atoms with Crippen LogP contribution in [0.4, 0.5) is 0 Å². The van der Waals surface area contributed by atoms with Crippen LogP contribution in [0.3, 0.4) is 0 Å². The van der Waals surface area contributed by atoms with Crippen molar-refractivity contribution in [2.24, 2.45) is 0 Å². The van der Waals surface area contributed by atoms with Crippen molar-refractivity contribution >= 4 is 5.91 Å². The number of hydrogen-bond acceptors (Lipinski definition) is 3. The van der Waals surface area contributed by atoms with Crippen LogP contribution in [0, 0.1) is 6.92 Å². The highest BCUT2D eigenvalue weighted by molar-refractivity contribution is 5.77. The molecule has 0 saturated heterocycles. The van der Waals surface area contributed by atoms with Gasteiger partial charge in [0.05, 0.1) is 0 Å². The van der Waals surface area contributed by atoms with Crippen molar-refractivity contribution in [1.82, 2.24) is 10.2 Å². The first-order valence-corrected chi connectivity index (χ1v) is 7.55. The molecule has 21 heavy (non-hydrogen) atoms. The first-order valence-electron chi connectivity index (χ1n) is 7.55. The Morgan fingerprint density at radius 3 is 2.62 bits per heavy atom. The van der Waals surface area contributed by atoms with Gasteiger partial charge in [-0.2, -0.15) is 0 Å². The molecule has 1 N–H and O–H groups in total. The van der Waals surface area contributed by atoms with Crippen LogP contribution in [0.1, 0.15) is 37.3 Å². The summed E-state index contributed by atoms with van der Waals surface area (Å²) in [4.78, 5) is 13.8. The van der Waals surface area contributed by atoms with Gasteiger partial charge in [-0.25, -0.2) is 0 Å². The minimum Gasteiger partial charge on any atom is -0.484 e. The lowest BCUT2D eigenvalue weighted by molar-refractivity contribution is -0.123. The highest BCUT2D eigenvalue weighted by atomic mass is 16.5. The van der Waals surface area contributed by atoms with Crippen LogP contribution in [0.2, 0.25) is 0 Å². The molecular weight excluding hydrogens is 264 g/mol. The maximum absolute atomic E-state index is 11.7. The summed E-state index contributed by atoms with van der Waals surface area (Å²) in [5.74, 6) is 1.18. The Bertz CT molecular complexity index is 456. The zero-order valence-electron chi connectivity index (χ0n) is 13.9. The Labute approximate surface area is 128 Å². The average molecular weight is 292 g/mol. The van der Waals surface area contributed by atoms with Crippen LogP contribution in [0.25, 0.3) is 0 Å². The maximum Gasteiger partial charge on any atom is 0.257 e. The third-order valence-corrected chi connectivity index (χ3v) is 3.34. The third kappa shape index (κ3) is 6.63. The van der Waals surface area contributed by atoms with Crippen LogP contribution in [-0.4, -0.2) is 44.6 Å². The van der Waals surface area contributed by atoms with Crippen molar-refractivity contribution in [3.63, 3.8) is 0 Å². The first-order chi connectivity index (χ1) is 9.90. The van der Waals surface area contributed by atoms with Gasteiger partial charge in [-0.05, 0) is 63.2 Å². The minimum absolute atomic E-state index is 0.0701. The van der Waals surface area contributed by atoms with Crippen molar-refractivity contribution in [2.75, 3.05) is 33.8 Å². The van der Waals surface area contributed by atoms with E-state index in [1.807, 2.05) is 26.2 Å². The van der Waals surface area contributed by atoms with E-state index in [2.05, 4.69) is 37.1 Å². The molecule has 0 aromatic heterocycles. The molecule has 0 spiro atoms. The van der Waals surface area contributed by atoms with Crippen molar-refractivity contribution in [1.29, 1.82) is 0 Å². The number of amides is 1. The van der Waals surface area contributed by atoms with Crippen molar-refractivity contribution in [3.05, 3.63) is 29.3 Å². The molecule has 0 unspecified atom stereocenters. The molecule has 0 heterocycles. The van der Waals surface area contributed by atoms with Crippen LogP contribution in [-0.2, 0) is 4.79 Å². The summed E-state index contributed by atoms with van der Waals surface area (Å²) >= 11 is 0. The fourth-order valence-corrected chi connectivity index (χ4v) is 2.21. The largest absolute Gasteiger partial charge is 0.484 e. The van der Waals surface area contributed by atoms with E-state index in [1.165, 1.54) is 11.1 Å². The second-order valence-corrected chi connectivity index (χ2v) is 5.97. The molecular formula is C17H28N2O2. The van der Waals surface area contributed by atoms with Gasteiger partial charge in [0.2, 0.25) is 0 Å². The predicted molar refractivity (Wildman–Crippen MR) is 86.9 cm³/mol. The zero-order chi connectivity index (χ0) is 15.8. The maximum atomic E-state index is 11.7. The second-order valence-electron chi connectivity index (χ2n) is 5.97. The van der Waals surface area contributed by atoms with Gasteiger partial charge in [-0.1, -0.05) is 19.9 Å². The number of nitrogens with zero attached hydrogens (tertiary/aromatic N) is 1. The Balaban J connectivity index is 2.34. The standard InChI is InChI=1S/C17H28N2O2/c1-13(2)16-8-7-15(11-14(16)3)21-12-17(20)18-9-6-10-19(4)5/h7-8,11,13H,6,9-10,12H2,1-5H3,(H,18,20). The molecule has 0 radical (unpaired) electrons. The Kier molecular flexibility index (Phi) is 7.23. The lowest BCUT2D eigenvalue weighted by Gasteiger charge is -2.13. The van der Waals surface area contributed by atoms with Gasteiger partial charge in [0.15, 0.2) is 6.61 Å². The van der Waals surface area contributed by atoms with Crippen LogP contribution in [0.15, 0.2) is 18.2 Å². The van der Waals surface area contributed by atoms with Crippen LogP contribution < -0.4 is 10.1 Å². The van der Waals surface area contributed by atoms with Gasteiger partial charge in [-0.3, -0.25) is 4.79 Å². The zero-order valence-corrected chi connectivity index (χ0v) is 13.9. The Morgan fingerprint density at radius 2 is 2.05 bits per heavy atom. The average Bonchev–Trinajstić information content (AvgIpc) is 2.40. The molecule has 1 aromatic rings. The van der Waals surface area contributed by atoms with Gasteiger partial charge in [-0.15, -0.1) is 0 Å². The molecule has 0 atom stereocenters. The Hall–Kier alpha value is -1.55. The van der Waals surface area contributed by atoms with Gasteiger partial charge < -0.3 is 15.0 Å². The van der Waals surface area contributed by atoms with Gasteiger partial charge >= 0.3 is 0 Å². The van der Waals surface area contributed by atoms with E-state index in [4.69, 9.17) is 4.74 Å². The number of hydrogen-bond donors (Lipinski definition) is 1. The summed E-state index contributed by atoms with van der Waals surface area (Å²) in [7, 11) is 4.04. The Morgan fingerprint density at radius 1 is 1.33 bits per heavy atom. The van der Waals surface area contributed by atoms with E-state index in [0.717, 1.165) is 18.7 Å². The molecule has 0 fully saturated rings. The summed E-state index contributed by atoms with van der Waals surface area (Å²) in [6.07, 6.45) is 0.945. The van der Waals surface area contributed by atoms with E-state index in [0.29, 0.717) is 12.5 Å². The minimum atomic E-state index is -0.0701. The number of aryl methyl sites for hydroxylation is 1. The highest BCUT2D eigenvalue weighted by Gasteiger charge is 2.06. The number of carbonyl (C=O) groups is 1. The molecule has 0 saturated carbocycles. The van der Waals surface area contributed by atoms with Crippen LogP contribution in [0.5, 0.6) is 5.75 Å². The highest BCUT2D eigenvalue weighted by Crippen LogP contribution is 2.23.